The van der Waals surface area contributed by atoms with E-state index in [0.29, 0.717) is 5.57 Å². The second-order valence-electron chi connectivity index (χ2n) is 5.41. The minimum Gasteiger partial charge on any atom is -0.459 e. The van der Waals surface area contributed by atoms with Gasteiger partial charge in [0.1, 0.15) is 13.2 Å². The molecule has 0 amide bonds. The molecule has 0 aliphatic rings. The summed E-state index contributed by atoms with van der Waals surface area (Å²) >= 11 is 0. The lowest BCUT2D eigenvalue weighted by Crippen LogP contribution is -2.12. The fraction of sp³-hybridized carbons (Fsp3) is 0.143. The number of benzene rings is 2. The average Bonchev–Trinajstić information content (AvgIpc) is 2.64. The van der Waals surface area contributed by atoms with E-state index in [0.717, 1.165) is 16.7 Å². The third-order valence-corrected chi connectivity index (χ3v) is 3.31. The Morgan fingerprint density at radius 2 is 1.64 bits per heavy atom. The van der Waals surface area contributed by atoms with Gasteiger partial charge in [0.05, 0.1) is 0 Å². The van der Waals surface area contributed by atoms with Crippen molar-refractivity contribution in [1.82, 2.24) is 0 Å². The Bertz CT molecular complexity index is 775. The maximum atomic E-state index is 11.7. The van der Waals surface area contributed by atoms with E-state index in [1.54, 1.807) is 13.0 Å². The highest BCUT2D eigenvalue weighted by atomic mass is 16.6. The summed E-state index contributed by atoms with van der Waals surface area (Å²) in [5.41, 5.74) is 3.39. The van der Waals surface area contributed by atoms with E-state index in [-0.39, 0.29) is 13.2 Å². The predicted molar refractivity (Wildman–Crippen MR) is 97.6 cm³/mol. The van der Waals surface area contributed by atoms with Crippen LogP contribution in [0.3, 0.4) is 0 Å². The molecular formula is C21H20O4. The molecule has 0 bridgehead atoms. The van der Waals surface area contributed by atoms with E-state index >= 15 is 0 Å². The number of esters is 2. The predicted octanol–water partition coefficient (Wildman–Crippen LogP) is 4.03. The normalized spacial score (nSPS) is 10.4. The van der Waals surface area contributed by atoms with Crippen molar-refractivity contribution in [2.75, 3.05) is 13.2 Å². The molecule has 0 fully saturated rings. The van der Waals surface area contributed by atoms with Gasteiger partial charge >= 0.3 is 11.9 Å². The van der Waals surface area contributed by atoms with Crippen molar-refractivity contribution in [1.29, 1.82) is 0 Å². The van der Waals surface area contributed by atoms with Crippen molar-refractivity contribution in [3.05, 3.63) is 78.4 Å². The van der Waals surface area contributed by atoms with Crippen LogP contribution in [0, 0.1) is 0 Å². The van der Waals surface area contributed by atoms with Crippen LogP contribution >= 0.6 is 0 Å². The second kappa shape index (κ2) is 9.23. The number of rotatable bonds is 7. The molecule has 0 heterocycles. The van der Waals surface area contributed by atoms with E-state index in [2.05, 4.69) is 6.58 Å². The lowest BCUT2D eigenvalue weighted by atomic mass is 10.0. The van der Waals surface area contributed by atoms with Crippen LogP contribution in [-0.2, 0) is 19.1 Å². The summed E-state index contributed by atoms with van der Waals surface area (Å²) in [6.07, 6.45) is 3.04. The van der Waals surface area contributed by atoms with Crippen molar-refractivity contribution in [3.63, 3.8) is 0 Å². The molecule has 0 aromatic heterocycles. The van der Waals surface area contributed by atoms with Crippen molar-refractivity contribution < 1.29 is 19.1 Å². The first kappa shape index (κ1) is 18.2. The minimum atomic E-state index is -0.496. The number of hydrogen-bond acceptors (Lipinski definition) is 4. The van der Waals surface area contributed by atoms with Crippen LogP contribution in [0.2, 0.25) is 0 Å². The molecule has 0 aliphatic heterocycles. The first-order chi connectivity index (χ1) is 12.1. The molecule has 0 spiro atoms. The lowest BCUT2D eigenvalue weighted by molar-refractivity contribution is -0.146. The van der Waals surface area contributed by atoms with Crippen LogP contribution in [0.4, 0.5) is 0 Å². The molecule has 0 saturated carbocycles. The van der Waals surface area contributed by atoms with Gasteiger partial charge in [0.2, 0.25) is 0 Å². The Balaban J connectivity index is 1.86. The monoisotopic (exact) mass is 336 g/mol. The van der Waals surface area contributed by atoms with Gasteiger partial charge in [-0.05, 0) is 35.8 Å². The molecule has 0 saturated heterocycles. The van der Waals surface area contributed by atoms with Crippen molar-refractivity contribution in [2.45, 2.75) is 6.92 Å². The Labute approximate surface area is 147 Å². The Morgan fingerprint density at radius 3 is 2.36 bits per heavy atom. The number of carbonyl (C=O) groups is 2. The van der Waals surface area contributed by atoms with Crippen LogP contribution < -0.4 is 0 Å². The van der Waals surface area contributed by atoms with E-state index in [4.69, 9.17) is 9.47 Å². The molecule has 0 unspecified atom stereocenters. The summed E-state index contributed by atoms with van der Waals surface area (Å²) in [7, 11) is 0. The van der Waals surface area contributed by atoms with E-state index in [1.165, 1.54) is 6.08 Å². The van der Waals surface area contributed by atoms with Crippen molar-refractivity contribution in [2.24, 2.45) is 0 Å². The number of carbonyl (C=O) groups excluding carboxylic acids is 2. The molecule has 4 heteroatoms. The van der Waals surface area contributed by atoms with Gasteiger partial charge in [-0.2, -0.15) is 0 Å². The smallest absolute Gasteiger partial charge is 0.333 e. The number of hydrogen-bond donors (Lipinski definition) is 0. The van der Waals surface area contributed by atoms with Gasteiger partial charge in [0.15, 0.2) is 0 Å². The summed E-state index contributed by atoms with van der Waals surface area (Å²) in [6.45, 7) is 5.04. The first-order valence-electron chi connectivity index (χ1n) is 7.89. The molecule has 0 radical (unpaired) electrons. The summed E-state index contributed by atoms with van der Waals surface area (Å²) in [5, 5.41) is 0. The highest BCUT2D eigenvalue weighted by Crippen LogP contribution is 2.20. The Kier molecular flexibility index (Phi) is 6.72. The molecule has 128 valence electrons. The molecule has 4 nitrogen and oxygen atoms in total. The molecule has 25 heavy (non-hydrogen) atoms. The fourth-order valence-corrected chi connectivity index (χ4v) is 2.06. The van der Waals surface area contributed by atoms with E-state index < -0.39 is 11.9 Å². The SMILES string of the molecule is C=C(C)C(=O)OCCOC(=O)C=Cc1cccc(-c2ccccc2)c1. The quantitative estimate of drug-likeness (QED) is 0.435. The highest BCUT2D eigenvalue weighted by molar-refractivity contribution is 5.88. The lowest BCUT2D eigenvalue weighted by Gasteiger charge is -2.04. The zero-order valence-electron chi connectivity index (χ0n) is 14.1. The maximum Gasteiger partial charge on any atom is 0.333 e. The van der Waals surface area contributed by atoms with Gasteiger partial charge < -0.3 is 9.47 Å². The highest BCUT2D eigenvalue weighted by Gasteiger charge is 2.03. The van der Waals surface area contributed by atoms with Gasteiger partial charge in [-0.15, -0.1) is 0 Å². The van der Waals surface area contributed by atoms with Crippen LogP contribution in [0.5, 0.6) is 0 Å². The summed E-state index contributed by atoms with van der Waals surface area (Å²) < 4.78 is 9.82. The van der Waals surface area contributed by atoms with E-state index in [9.17, 15) is 9.59 Å². The van der Waals surface area contributed by atoms with Crippen LogP contribution in [0.15, 0.2) is 72.8 Å². The van der Waals surface area contributed by atoms with Gasteiger partial charge in [0.25, 0.3) is 0 Å². The molecule has 2 rings (SSSR count). The largest absolute Gasteiger partial charge is 0.459 e. The van der Waals surface area contributed by atoms with Crippen LogP contribution in [0.1, 0.15) is 12.5 Å². The summed E-state index contributed by atoms with van der Waals surface area (Å²) in [5.74, 6) is -0.985. The average molecular weight is 336 g/mol. The molecule has 0 atom stereocenters. The van der Waals surface area contributed by atoms with Gasteiger partial charge in [-0.1, -0.05) is 55.1 Å². The topological polar surface area (TPSA) is 52.6 Å². The molecule has 0 aliphatic carbocycles. The van der Waals surface area contributed by atoms with Crippen molar-refractivity contribution >= 4 is 18.0 Å². The van der Waals surface area contributed by atoms with Gasteiger partial charge in [0, 0.05) is 11.6 Å². The first-order valence-corrected chi connectivity index (χ1v) is 7.89. The summed E-state index contributed by atoms with van der Waals surface area (Å²) in [6, 6.07) is 17.8. The Hall–Kier alpha value is -3.14. The van der Waals surface area contributed by atoms with E-state index in [1.807, 2.05) is 54.6 Å². The van der Waals surface area contributed by atoms with Gasteiger partial charge in [-0.3, -0.25) is 0 Å². The van der Waals surface area contributed by atoms with Crippen LogP contribution in [-0.4, -0.2) is 25.2 Å². The second-order valence-corrected chi connectivity index (χ2v) is 5.41. The van der Waals surface area contributed by atoms with Crippen molar-refractivity contribution in [3.8, 4) is 11.1 Å². The summed E-state index contributed by atoms with van der Waals surface area (Å²) in [4.78, 5) is 22.9. The molecule has 0 N–H and O–H groups in total. The molecule has 2 aromatic carbocycles. The third kappa shape index (κ3) is 6.11. The zero-order valence-corrected chi connectivity index (χ0v) is 14.1. The maximum absolute atomic E-state index is 11.7. The molecular weight excluding hydrogens is 316 g/mol. The standard InChI is InChI=1S/C21H20O4/c1-16(2)21(23)25-14-13-24-20(22)12-11-17-7-6-10-19(15-17)18-8-4-3-5-9-18/h3-12,15H,1,13-14H2,2H3. The zero-order chi connectivity index (χ0) is 18.1. The Morgan fingerprint density at radius 1 is 0.960 bits per heavy atom. The fourth-order valence-electron chi connectivity index (χ4n) is 2.06. The molecule has 2 aromatic rings. The van der Waals surface area contributed by atoms with Crippen LogP contribution in [0.25, 0.3) is 17.2 Å². The number of ether oxygens (including phenoxy) is 2. The van der Waals surface area contributed by atoms with Gasteiger partial charge in [-0.25, -0.2) is 9.59 Å². The third-order valence-electron chi connectivity index (χ3n) is 3.31. The minimum absolute atomic E-state index is 0.00620.